The molecule has 0 aliphatic rings. The first-order valence-corrected chi connectivity index (χ1v) is 7.51. The lowest BCUT2D eigenvalue weighted by molar-refractivity contribution is -0.138. The van der Waals surface area contributed by atoms with E-state index in [2.05, 4.69) is 5.32 Å². The van der Waals surface area contributed by atoms with Crippen LogP contribution in [-0.4, -0.2) is 50.0 Å². The molecule has 1 amide bonds. The van der Waals surface area contributed by atoms with E-state index in [1.54, 1.807) is 0 Å². The fraction of sp³-hybridized carbons (Fsp3) is 0.800. The molecule has 0 aliphatic heterocycles. The number of ether oxygens (including phenoxy) is 2. The molecule has 0 spiro atoms. The average molecular weight is 301 g/mol. The van der Waals surface area contributed by atoms with Crippen LogP contribution in [0.4, 0.5) is 0 Å². The van der Waals surface area contributed by atoms with Crippen molar-refractivity contribution in [1.82, 2.24) is 5.32 Å². The Morgan fingerprint density at radius 2 is 1.48 bits per heavy atom. The van der Waals surface area contributed by atoms with Gasteiger partial charge in [0.25, 0.3) is 0 Å². The van der Waals surface area contributed by atoms with Crippen molar-refractivity contribution in [3.8, 4) is 0 Å². The van der Waals surface area contributed by atoms with E-state index in [1.807, 2.05) is 0 Å². The minimum absolute atomic E-state index is 0.0281. The maximum absolute atomic E-state index is 11.2. The van der Waals surface area contributed by atoms with Crippen molar-refractivity contribution in [2.75, 3.05) is 33.0 Å². The molecule has 0 bridgehead atoms. The molecule has 6 heteroatoms. The molecule has 2 radical (unpaired) electrons. The van der Waals surface area contributed by atoms with Gasteiger partial charge in [-0.05, 0) is 39.0 Å². The molecule has 0 aromatic carbocycles. The maximum atomic E-state index is 11.2. The molecular weight excluding hydrogens is 274 g/mol. The SMILES string of the molecule is [CH]CCCOCCCCOCCCNC(=O)CCC(=O)O. The van der Waals surface area contributed by atoms with Crippen LogP contribution in [0.15, 0.2) is 0 Å². The number of aliphatic carboxylic acids is 1. The maximum Gasteiger partial charge on any atom is 0.303 e. The van der Waals surface area contributed by atoms with Gasteiger partial charge in [0.1, 0.15) is 0 Å². The number of amides is 1. The number of rotatable bonds is 15. The molecule has 6 nitrogen and oxygen atoms in total. The summed E-state index contributed by atoms with van der Waals surface area (Å²) in [7, 11) is 0. The van der Waals surface area contributed by atoms with Crippen LogP contribution in [0, 0.1) is 6.92 Å². The number of unbranched alkanes of at least 4 members (excludes halogenated alkanes) is 2. The summed E-state index contributed by atoms with van der Waals surface area (Å²) in [6, 6.07) is 0. The first-order valence-electron chi connectivity index (χ1n) is 7.51. The first kappa shape index (κ1) is 19.9. The van der Waals surface area contributed by atoms with Crippen molar-refractivity contribution in [2.24, 2.45) is 0 Å². The highest BCUT2D eigenvalue weighted by Gasteiger charge is 2.03. The second-order valence-electron chi connectivity index (χ2n) is 4.67. The minimum Gasteiger partial charge on any atom is -0.481 e. The number of hydrogen-bond acceptors (Lipinski definition) is 4. The van der Waals surface area contributed by atoms with Crippen LogP contribution >= 0.6 is 0 Å². The quantitative estimate of drug-likeness (QED) is 0.449. The van der Waals surface area contributed by atoms with Crippen LogP contribution in [0.1, 0.15) is 44.9 Å². The summed E-state index contributed by atoms with van der Waals surface area (Å²) in [6.07, 6.45) is 4.11. The Balaban J connectivity index is 3.12. The lowest BCUT2D eigenvalue weighted by atomic mass is 10.3. The van der Waals surface area contributed by atoms with E-state index < -0.39 is 5.97 Å². The summed E-state index contributed by atoms with van der Waals surface area (Å²) in [5, 5.41) is 11.1. The zero-order valence-corrected chi connectivity index (χ0v) is 12.6. The van der Waals surface area contributed by atoms with Gasteiger partial charge in [-0.2, -0.15) is 0 Å². The van der Waals surface area contributed by atoms with Crippen molar-refractivity contribution in [1.29, 1.82) is 0 Å². The van der Waals surface area contributed by atoms with Crippen molar-refractivity contribution in [3.05, 3.63) is 6.92 Å². The number of carboxylic acids is 1. The molecule has 0 fully saturated rings. The lowest BCUT2D eigenvalue weighted by Crippen LogP contribution is -2.25. The second-order valence-corrected chi connectivity index (χ2v) is 4.67. The molecule has 0 atom stereocenters. The fourth-order valence-electron chi connectivity index (χ4n) is 1.51. The number of nitrogens with one attached hydrogen (secondary N) is 1. The normalized spacial score (nSPS) is 10.5. The molecule has 21 heavy (non-hydrogen) atoms. The molecule has 0 saturated carbocycles. The largest absolute Gasteiger partial charge is 0.481 e. The highest BCUT2D eigenvalue weighted by Crippen LogP contribution is 1.95. The van der Waals surface area contributed by atoms with Crippen LogP contribution < -0.4 is 5.32 Å². The highest BCUT2D eigenvalue weighted by atomic mass is 16.5. The molecule has 0 rings (SSSR count). The average Bonchev–Trinajstić information content (AvgIpc) is 2.46. The summed E-state index contributed by atoms with van der Waals surface area (Å²) in [5.41, 5.74) is 0. The van der Waals surface area contributed by atoms with Crippen LogP contribution in [0.5, 0.6) is 0 Å². The molecular formula is C15H27NO5. The van der Waals surface area contributed by atoms with Crippen molar-refractivity contribution in [3.63, 3.8) is 0 Å². The Labute approximate surface area is 127 Å². The Kier molecular flexibility index (Phi) is 14.4. The van der Waals surface area contributed by atoms with Gasteiger partial charge in [-0.25, -0.2) is 0 Å². The van der Waals surface area contributed by atoms with Crippen molar-refractivity contribution in [2.45, 2.75) is 44.9 Å². The minimum atomic E-state index is -0.958. The topological polar surface area (TPSA) is 84.9 Å². The van der Waals surface area contributed by atoms with Gasteiger partial charge in [0.05, 0.1) is 6.42 Å². The molecule has 0 aromatic rings. The molecule has 0 aromatic heterocycles. The number of carbonyl (C=O) groups excluding carboxylic acids is 1. The molecule has 0 aliphatic carbocycles. The fourth-order valence-corrected chi connectivity index (χ4v) is 1.51. The van der Waals surface area contributed by atoms with Gasteiger partial charge in [0.15, 0.2) is 0 Å². The van der Waals surface area contributed by atoms with Gasteiger partial charge in [-0.3, -0.25) is 9.59 Å². The highest BCUT2D eigenvalue weighted by molar-refractivity contribution is 5.80. The number of hydrogen-bond donors (Lipinski definition) is 2. The summed E-state index contributed by atoms with van der Waals surface area (Å²) < 4.78 is 10.8. The van der Waals surface area contributed by atoms with Gasteiger partial charge >= 0.3 is 5.97 Å². The standard InChI is InChI=1S/C15H27NO5/c1-2-3-10-20-11-4-5-12-21-13-6-9-16-14(17)7-8-15(18)19/h1H,2-13H2,(H,16,17)(H,18,19). The van der Waals surface area contributed by atoms with Crippen LogP contribution in [0.25, 0.3) is 0 Å². The zero-order chi connectivity index (χ0) is 15.8. The molecule has 0 heterocycles. The summed E-state index contributed by atoms with van der Waals surface area (Å²) in [4.78, 5) is 21.5. The predicted molar refractivity (Wildman–Crippen MR) is 78.9 cm³/mol. The van der Waals surface area contributed by atoms with Gasteiger partial charge in [-0.15, -0.1) is 0 Å². The van der Waals surface area contributed by atoms with Gasteiger partial charge in [0, 0.05) is 39.4 Å². The van der Waals surface area contributed by atoms with E-state index in [4.69, 9.17) is 21.5 Å². The van der Waals surface area contributed by atoms with Gasteiger partial charge in [-0.1, -0.05) is 0 Å². The van der Waals surface area contributed by atoms with Crippen LogP contribution in [0.2, 0.25) is 0 Å². The predicted octanol–water partition coefficient (Wildman–Crippen LogP) is 1.66. The van der Waals surface area contributed by atoms with E-state index in [-0.39, 0.29) is 18.7 Å². The van der Waals surface area contributed by atoms with Crippen LogP contribution in [-0.2, 0) is 19.1 Å². The third-order valence-corrected chi connectivity index (χ3v) is 2.67. The van der Waals surface area contributed by atoms with E-state index in [9.17, 15) is 9.59 Å². The lowest BCUT2D eigenvalue weighted by Gasteiger charge is -2.06. The molecule has 0 saturated heterocycles. The zero-order valence-electron chi connectivity index (χ0n) is 12.6. The van der Waals surface area contributed by atoms with Gasteiger partial charge < -0.3 is 19.9 Å². The van der Waals surface area contributed by atoms with Crippen LogP contribution in [0.3, 0.4) is 0 Å². The monoisotopic (exact) mass is 301 g/mol. The molecule has 2 N–H and O–H groups in total. The Morgan fingerprint density at radius 3 is 2.05 bits per heavy atom. The molecule has 0 unspecified atom stereocenters. The van der Waals surface area contributed by atoms with E-state index in [0.717, 1.165) is 38.9 Å². The summed E-state index contributed by atoms with van der Waals surface area (Å²) in [6.45, 7) is 8.60. The van der Waals surface area contributed by atoms with E-state index in [1.165, 1.54) is 0 Å². The Hall–Kier alpha value is -1.14. The second kappa shape index (κ2) is 15.3. The first-order chi connectivity index (χ1) is 10.2. The van der Waals surface area contributed by atoms with Gasteiger partial charge in [0.2, 0.25) is 5.91 Å². The Bertz CT molecular complexity index is 271. The van der Waals surface area contributed by atoms with Crippen molar-refractivity contribution < 1.29 is 24.2 Å². The summed E-state index contributed by atoms with van der Waals surface area (Å²) >= 11 is 0. The summed E-state index contributed by atoms with van der Waals surface area (Å²) in [5.74, 6) is -1.19. The third kappa shape index (κ3) is 16.8. The third-order valence-electron chi connectivity index (χ3n) is 2.67. The Morgan fingerprint density at radius 1 is 0.905 bits per heavy atom. The van der Waals surface area contributed by atoms with Crippen molar-refractivity contribution >= 4 is 11.9 Å². The van der Waals surface area contributed by atoms with E-state index in [0.29, 0.717) is 26.2 Å². The molecule has 122 valence electrons. The van der Waals surface area contributed by atoms with E-state index >= 15 is 0 Å². The number of carbonyl (C=O) groups is 2. The smallest absolute Gasteiger partial charge is 0.303 e. The number of carboxylic acid groups (broad SMARTS) is 1.